The molecule has 0 spiro atoms. The molecule has 1 aliphatic heterocycles. The van der Waals surface area contributed by atoms with Gasteiger partial charge < -0.3 is 19.1 Å². The van der Waals surface area contributed by atoms with Crippen molar-refractivity contribution in [2.75, 3.05) is 33.1 Å². The zero-order valence-electron chi connectivity index (χ0n) is 59.3. The molecule has 1 aliphatic rings. The fourth-order valence-electron chi connectivity index (χ4n) is 4.21. The van der Waals surface area contributed by atoms with E-state index in [-0.39, 0.29) is 4.57 Å². The number of piperidine rings is 1. The average Bonchev–Trinajstić information content (AvgIpc) is 0.659. The molecular formula is C41H40F5N3O3S. The minimum atomic E-state index is -5.59. The molecule has 5 aromatic rings. The zero-order chi connectivity index (χ0) is 66.7. The van der Waals surface area contributed by atoms with Crippen LogP contribution in [-0.2, 0) is 34.5 Å². The number of carbonyl (C=O) groups excluding carboxylic acids is 1. The van der Waals surface area contributed by atoms with Crippen LogP contribution >= 0.6 is 11.8 Å². The molecule has 1 saturated heterocycles. The molecular weight excluding hydrogens is 710 g/mol. The van der Waals surface area contributed by atoms with Crippen LogP contribution in [0.25, 0.3) is 22.0 Å². The molecule has 6 nitrogen and oxygen atoms in total. The molecule has 0 radical (unpaired) electrons. The van der Waals surface area contributed by atoms with Gasteiger partial charge in [0, 0.05) is 78.2 Å². The predicted octanol–water partition coefficient (Wildman–Crippen LogP) is 8.71. The summed E-state index contributed by atoms with van der Waals surface area (Å²) in [5.41, 5.74) is -16.7. The molecule has 0 N–H and O–H groups in total. The largest absolute Gasteiger partial charge is 0.416 e. The number of alkyl halides is 3. The lowest BCUT2D eigenvalue weighted by Crippen LogP contribution is -2.48. The van der Waals surface area contributed by atoms with Gasteiger partial charge in [0.15, 0.2) is 17.1 Å². The third kappa shape index (κ3) is 9.00. The molecule has 1 amide bonds. The van der Waals surface area contributed by atoms with E-state index in [1.165, 1.54) is 0 Å². The molecule has 4 aromatic carbocycles. The number of methoxy groups -OCH3 is 1. The van der Waals surface area contributed by atoms with Crippen LogP contribution in [0.15, 0.2) is 100 Å². The SMILES string of the molecule is [2H]c1c([2H])c(F)c(F)c(C([2H])([2H])Sc2c([2H])c(=O)c3c([2H])c([2H])c([2H])c([2H])c3n2CC(=O)N(C([2H])([2H])c2c([2H])c([2H])c(-c3c([2H])c([2H])c(C(F)(F)F)c([2H])c3[2H])c([2H])c2C)C2([2H])C([2H])([2H])C([2H])([2H])N(C([2H])([2H])COC([2H])([2H])[2H])C([2H])([2H])C2([2H])[2H])c1[2H]. The van der Waals surface area contributed by atoms with E-state index in [4.69, 9.17) is 35.6 Å². The topological polar surface area (TPSA) is 54.8 Å². The molecule has 53 heavy (non-hydrogen) atoms. The molecule has 6 rings (SSSR count). The number of benzene rings is 4. The van der Waals surface area contributed by atoms with E-state index in [9.17, 15) is 27.6 Å². The van der Waals surface area contributed by atoms with Crippen LogP contribution in [-0.4, -0.2) is 59.4 Å². The van der Waals surface area contributed by atoms with Crippen molar-refractivity contribution in [3.63, 3.8) is 0 Å². The van der Waals surface area contributed by atoms with Crippen LogP contribution in [0.3, 0.4) is 0 Å². The second-order valence-corrected chi connectivity index (χ2v) is 10.9. The van der Waals surface area contributed by atoms with E-state index in [1.807, 2.05) is 0 Å². The standard InChI is InChI=1S/C41H40F5N3O3S/c1-27-22-29(28-12-14-32(15-13-28)41(44,45)46)10-11-30(27)24-48(33-16-18-47(19-17-33)20-21-52-2)38(51)25-49-36-9-4-3-7-34(36)37(50)23-39(49)53-26-31-6-5-8-35(42)40(31)43/h3-15,22-23,33H,16-21,24-26H2,1-2H3/i2D3,3D,4D,5D,6D,7D,8D,9D,10D,11D,12D,13D,14D,15D,16D2,17D2,18D2,19D2,20D2,22D,23D,24D2,26D2,33D. The summed E-state index contributed by atoms with van der Waals surface area (Å²) in [6, 6.07) is -29.0. The molecule has 1 fully saturated rings. The van der Waals surface area contributed by atoms with Gasteiger partial charge in [0.25, 0.3) is 0 Å². The van der Waals surface area contributed by atoms with Gasteiger partial charge in [0.1, 0.15) is 6.54 Å². The van der Waals surface area contributed by atoms with Gasteiger partial charge in [-0.15, -0.1) is 11.8 Å². The van der Waals surface area contributed by atoms with Crippen molar-refractivity contribution in [1.29, 1.82) is 0 Å². The van der Waals surface area contributed by atoms with Gasteiger partial charge in [-0.05, 0) is 72.1 Å². The quantitative estimate of drug-likeness (QED) is 0.0937. The van der Waals surface area contributed by atoms with Gasteiger partial charge in [-0.3, -0.25) is 9.59 Å². The summed E-state index contributed by atoms with van der Waals surface area (Å²) >= 11 is -0.721. The first kappa shape index (κ1) is 14.6. The van der Waals surface area contributed by atoms with Crippen molar-refractivity contribution < 1.29 is 76.7 Å². The summed E-state index contributed by atoms with van der Waals surface area (Å²) in [4.78, 5) is 28.0. The lowest BCUT2D eigenvalue weighted by atomic mass is 9.97. The van der Waals surface area contributed by atoms with Crippen molar-refractivity contribution >= 4 is 28.6 Å². The summed E-state index contributed by atoms with van der Waals surface area (Å²) < 4.78 is 364. The summed E-state index contributed by atoms with van der Waals surface area (Å²) in [7, 11) is -3.62. The Morgan fingerprint density at radius 2 is 1.75 bits per heavy atom. The fourth-order valence-corrected chi connectivity index (χ4v) is 4.96. The molecule has 1 aromatic heterocycles. The highest BCUT2D eigenvalue weighted by molar-refractivity contribution is 7.98. The number of nitrogens with zero attached hydrogens (tertiary/aromatic N) is 3. The van der Waals surface area contributed by atoms with Gasteiger partial charge in [0.05, 0.1) is 51.5 Å². The number of fused-ring (bicyclic) bond motifs is 1. The summed E-state index contributed by atoms with van der Waals surface area (Å²) in [5.74, 6) is -7.24. The van der Waals surface area contributed by atoms with Crippen molar-refractivity contribution in [1.82, 2.24) is 14.4 Å². The highest BCUT2D eigenvalue weighted by atomic mass is 32.2. The monoisotopic (exact) mass is 782 g/mol. The first-order valence-corrected chi connectivity index (χ1v) is 15.1. The number of thioether (sulfide) groups is 1. The van der Waals surface area contributed by atoms with Crippen molar-refractivity contribution in [3.05, 3.63) is 135 Å². The third-order valence-electron chi connectivity index (χ3n) is 6.67. The molecule has 0 atom stereocenters. The lowest BCUT2D eigenvalue weighted by Gasteiger charge is -2.39. The maximum Gasteiger partial charge on any atom is 0.416 e. The Labute approximate surface area is 355 Å². The van der Waals surface area contributed by atoms with Gasteiger partial charge in [-0.2, -0.15) is 13.2 Å². The number of likely N-dealkylation sites (tertiary alicyclic amines) is 1. The Morgan fingerprint density at radius 1 is 1.02 bits per heavy atom. The first-order chi connectivity index (χ1) is 38.5. The smallest absolute Gasteiger partial charge is 0.383 e. The molecule has 12 heteroatoms. The zero-order valence-corrected chi connectivity index (χ0v) is 27.1. The second-order valence-electron chi connectivity index (χ2n) is 10.1. The van der Waals surface area contributed by atoms with E-state index in [2.05, 4.69) is 4.74 Å². The van der Waals surface area contributed by atoms with E-state index in [0.29, 0.717) is 6.92 Å². The number of hydrogen-bond acceptors (Lipinski definition) is 5. The highest BCUT2D eigenvalue weighted by Crippen LogP contribution is 2.32. The minimum Gasteiger partial charge on any atom is -0.383 e. The predicted molar refractivity (Wildman–Crippen MR) is 198 cm³/mol. The Hall–Kier alpha value is -4.52. The first-order valence-electron chi connectivity index (χ1n) is 30.8. The Balaban J connectivity index is 1.83. The van der Waals surface area contributed by atoms with Gasteiger partial charge in [0.2, 0.25) is 5.91 Å². The van der Waals surface area contributed by atoms with Crippen LogP contribution in [0.1, 0.15) is 80.2 Å². The van der Waals surface area contributed by atoms with Crippen LogP contribution < -0.4 is 5.43 Å². The van der Waals surface area contributed by atoms with E-state index >= 15 is 13.6 Å². The molecule has 278 valence electrons. The minimum absolute atomic E-state index is 0.0582. The summed E-state index contributed by atoms with van der Waals surface area (Å²) in [5, 5.41) is -2.89. The number of hydrogen-bond donors (Lipinski definition) is 0. The maximum absolute atomic E-state index is 15.9. The fraction of sp³-hybridized carbons (Fsp3) is 0.317. The highest BCUT2D eigenvalue weighted by Gasteiger charge is 2.31. The van der Waals surface area contributed by atoms with E-state index in [0.717, 1.165) is 0 Å². The van der Waals surface area contributed by atoms with Crippen molar-refractivity contribution in [2.45, 2.75) is 55.6 Å². The Kier molecular flexibility index (Phi) is 4.59. The van der Waals surface area contributed by atoms with Crippen molar-refractivity contribution in [2.24, 2.45) is 0 Å². The van der Waals surface area contributed by atoms with Crippen LogP contribution in [0, 0.1) is 18.6 Å². The third-order valence-corrected chi connectivity index (χ3v) is 7.49. The number of ether oxygens (including phenoxy) is 1. The number of rotatable bonds is 12. The van der Waals surface area contributed by atoms with Crippen LogP contribution in [0.2, 0.25) is 0 Å². The maximum atomic E-state index is 15.9. The van der Waals surface area contributed by atoms with Crippen LogP contribution in [0.4, 0.5) is 22.0 Å². The number of para-hydroxylation sites is 1. The second kappa shape index (κ2) is 16.7. The molecule has 0 bridgehead atoms. The molecule has 2 heterocycles. The molecule has 0 aliphatic carbocycles. The average molecular weight is 783 g/mol. The molecule has 0 unspecified atom stereocenters. The number of amides is 1. The van der Waals surface area contributed by atoms with E-state index in [1.54, 1.807) is 0 Å². The van der Waals surface area contributed by atoms with Gasteiger partial charge >= 0.3 is 6.18 Å². The Morgan fingerprint density at radius 3 is 2.49 bits per heavy atom. The summed E-state index contributed by atoms with van der Waals surface area (Å²) in [6.07, 6.45) is -15.6. The number of halogens is 5. The van der Waals surface area contributed by atoms with Crippen LogP contribution in [0.5, 0.6) is 0 Å². The van der Waals surface area contributed by atoms with Crippen molar-refractivity contribution in [3.8, 4) is 11.1 Å². The normalized spacial score (nSPS) is 28.6. The number of carbonyl (C=O) groups is 1. The molecule has 0 saturated carbocycles. The summed E-state index contributed by atoms with van der Waals surface area (Å²) in [6.45, 7) is -22.2. The lowest BCUT2D eigenvalue weighted by molar-refractivity contribution is -0.137. The van der Waals surface area contributed by atoms with Gasteiger partial charge in [-0.1, -0.05) is 54.4 Å². The number of pyridine rings is 1. The number of aromatic nitrogens is 1. The van der Waals surface area contributed by atoms with E-state index < -0.39 is 261 Å². The Bertz CT molecular complexity index is 3670. The van der Waals surface area contributed by atoms with Gasteiger partial charge in [-0.25, -0.2) is 8.78 Å².